The Hall–Kier alpha value is -0.850. The van der Waals surface area contributed by atoms with Crippen LogP contribution in [0.1, 0.15) is 43.6 Å². The number of piperidine rings is 1. The van der Waals surface area contributed by atoms with Crippen molar-refractivity contribution in [1.82, 2.24) is 9.97 Å². The van der Waals surface area contributed by atoms with Gasteiger partial charge in [0, 0.05) is 24.4 Å². The molecule has 1 saturated heterocycles. The van der Waals surface area contributed by atoms with Crippen LogP contribution in [0.4, 0.5) is 5.82 Å². The molecular formula is C17H23N3OS2. The molecule has 1 fully saturated rings. The maximum absolute atomic E-state index is 6.01. The number of aromatic nitrogens is 2. The van der Waals surface area contributed by atoms with Gasteiger partial charge in [-0.25, -0.2) is 9.97 Å². The Balaban J connectivity index is 1.90. The van der Waals surface area contributed by atoms with Gasteiger partial charge >= 0.3 is 0 Å². The summed E-state index contributed by atoms with van der Waals surface area (Å²) in [4.78, 5) is 14.7. The topological polar surface area (TPSA) is 38.2 Å². The molecule has 23 heavy (non-hydrogen) atoms. The molecule has 0 aromatic carbocycles. The summed E-state index contributed by atoms with van der Waals surface area (Å²) in [6.07, 6.45) is 6.87. The SMILES string of the molecule is CSc1nc(N2CCCCC2)c2c3c(sc2n1)COC(C)(C)C3. The highest BCUT2D eigenvalue weighted by atomic mass is 32.2. The van der Waals surface area contributed by atoms with Gasteiger partial charge in [-0.15, -0.1) is 11.3 Å². The van der Waals surface area contributed by atoms with Crippen LogP contribution in [0.25, 0.3) is 10.2 Å². The largest absolute Gasteiger partial charge is 0.370 e. The smallest absolute Gasteiger partial charge is 0.190 e. The zero-order valence-electron chi connectivity index (χ0n) is 14.0. The van der Waals surface area contributed by atoms with E-state index in [4.69, 9.17) is 14.7 Å². The van der Waals surface area contributed by atoms with E-state index in [0.717, 1.165) is 35.3 Å². The molecule has 2 aromatic rings. The number of thiophene rings is 1. The third-order valence-corrected chi connectivity index (χ3v) is 6.38. The number of rotatable bonds is 2. The maximum Gasteiger partial charge on any atom is 0.190 e. The molecule has 2 aliphatic heterocycles. The van der Waals surface area contributed by atoms with Crippen molar-refractivity contribution in [3.63, 3.8) is 0 Å². The van der Waals surface area contributed by atoms with Crippen molar-refractivity contribution < 1.29 is 4.74 Å². The summed E-state index contributed by atoms with van der Waals surface area (Å²) in [5.74, 6) is 1.16. The number of thioether (sulfide) groups is 1. The van der Waals surface area contributed by atoms with Crippen molar-refractivity contribution in [2.45, 2.75) is 56.9 Å². The van der Waals surface area contributed by atoms with E-state index in [-0.39, 0.29) is 5.60 Å². The fraction of sp³-hybridized carbons (Fsp3) is 0.647. The first-order chi connectivity index (χ1) is 11.1. The first kappa shape index (κ1) is 15.7. The standard InChI is InChI=1S/C17H23N3OS2/c1-17(2)9-11-12(10-21-17)23-15-13(11)14(18-16(19-15)22-3)20-7-5-4-6-8-20/h4-10H2,1-3H3. The summed E-state index contributed by atoms with van der Waals surface area (Å²) in [5.41, 5.74) is 1.33. The zero-order valence-corrected chi connectivity index (χ0v) is 15.6. The molecule has 0 aliphatic carbocycles. The molecule has 124 valence electrons. The van der Waals surface area contributed by atoms with Gasteiger partial charge in [-0.05, 0) is 44.9 Å². The summed E-state index contributed by atoms with van der Waals surface area (Å²) in [6.45, 7) is 7.29. The molecule has 4 heterocycles. The van der Waals surface area contributed by atoms with E-state index in [0.29, 0.717) is 6.61 Å². The van der Waals surface area contributed by atoms with Crippen molar-refractivity contribution in [2.75, 3.05) is 24.2 Å². The van der Waals surface area contributed by atoms with Gasteiger partial charge in [-0.2, -0.15) is 0 Å². The van der Waals surface area contributed by atoms with Crippen molar-refractivity contribution >= 4 is 39.1 Å². The molecule has 0 bridgehead atoms. The highest BCUT2D eigenvalue weighted by Crippen LogP contribution is 2.42. The summed E-state index contributed by atoms with van der Waals surface area (Å²) in [5, 5.41) is 2.18. The lowest BCUT2D eigenvalue weighted by Crippen LogP contribution is -2.32. The van der Waals surface area contributed by atoms with Crippen LogP contribution in [0.2, 0.25) is 0 Å². The molecule has 6 heteroatoms. The van der Waals surface area contributed by atoms with Crippen molar-refractivity contribution in [2.24, 2.45) is 0 Å². The molecule has 0 radical (unpaired) electrons. The number of hydrogen-bond donors (Lipinski definition) is 0. The fourth-order valence-electron chi connectivity index (χ4n) is 3.53. The van der Waals surface area contributed by atoms with Gasteiger partial charge in [-0.1, -0.05) is 11.8 Å². The Labute approximate surface area is 145 Å². The molecule has 0 spiro atoms. The van der Waals surface area contributed by atoms with E-state index in [1.807, 2.05) is 0 Å². The van der Waals surface area contributed by atoms with E-state index in [9.17, 15) is 0 Å². The third kappa shape index (κ3) is 2.85. The zero-order chi connectivity index (χ0) is 16.0. The summed E-state index contributed by atoms with van der Waals surface area (Å²) >= 11 is 3.43. The average Bonchev–Trinajstić information content (AvgIpc) is 2.91. The second-order valence-electron chi connectivity index (χ2n) is 6.99. The Morgan fingerprint density at radius 2 is 1.96 bits per heavy atom. The van der Waals surface area contributed by atoms with Gasteiger partial charge < -0.3 is 9.64 Å². The van der Waals surface area contributed by atoms with E-state index in [1.54, 1.807) is 23.1 Å². The third-order valence-electron chi connectivity index (χ3n) is 4.73. The highest BCUT2D eigenvalue weighted by molar-refractivity contribution is 7.98. The Bertz CT molecular complexity index is 735. The molecule has 2 aromatic heterocycles. The van der Waals surface area contributed by atoms with E-state index >= 15 is 0 Å². The molecule has 2 aliphatic rings. The minimum absolute atomic E-state index is 0.0989. The molecular weight excluding hydrogens is 326 g/mol. The second kappa shape index (κ2) is 5.90. The van der Waals surface area contributed by atoms with E-state index in [2.05, 4.69) is 25.0 Å². The number of anilines is 1. The van der Waals surface area contributed by atoms with Crippen molar-refractivity contribution in [1.29, 1.82) is 0 Å². The Morgan fingerprint density at radius 3 is 2.70 bits per heavy atom. The van der Waals surface area contributed by atoms with Crippen LogP contribution in [-0.4, -0.2) is 34.9 Å². The summed E-state index contributed by atoms with van der Waals surface area (Å²) in [6, 6.07) is 0. The van der Waals surface area contributed by atoms with Crippen LogP contribution in [0.5, 0.6) is 0 Å². The lowest BCUT2D eigenvalue weighted by atomic mass is 9.94. The molecule has 0 unspecified atom stereocenters. The predicted molar refractivity (Wildman–Crippen MR) is 97.8 cm³/mol. The van der Waals surface area contributed by atoms with Gasteiger partial charge in [-0.3, -0.25) is 0 Å². The highest BCUT2D eigenvalue weighted by Gasteiger charge is 2.32. The minimum atomic E-state index is -0.0989. The Kier molecular flexibility index (Phi) is 4.02. The number of fused-ring (bicyclic) bond motifs is 3. The first-order valence-electron chi connectivity index (χ1n) is 8.32. The molecule has 0 atom stereocenters. The molecule has 0 N–H and O–H groups in total. The normalized spacial score (nSPS) is 20.7. The Morgan fingerprint density at radius 1 is 1.17 bits per heavy atom. The van der Waals surface area contributed by atoms with Gasteiger partial charge in [0.1, 0.15) is 10.6 Å². The summed E-state index contributed by atoms with van der Waals surface area (Å²) in [7, 11) is 0. The lowest BCUT2D eigenvalue weighted by molar-refractivity contribution is -0.0379. The quantitative estimate of drug-likeness (QED) is 0.598. The predicted octanol–water partition coefficient (Wildman–Crippen LogP) is 4.25. The van der Waals surface area contributed by atoms with Gasteiger partial charge in [0.25, 0.3) is 0 Å². The number of nitrogens with zero attached hydrogens (tertiary/aromatic N) is 3. The van der Waals surface area contributed by atoms with E-state index < -0.39 is 0 Å². The van der Waals surface area contributed by atoms with Crippen LogP contribution >= 0.6 is 23.1 Å². The van der Waals surface area contributed by atoms with Crippen LogP contribution in [-0.2, 0) is 17.8 Å². The van der Waals surface area contributed by atoms with Gasteiger partial charge in [0.15, 0.2) is 5.16 Å². The fourth-order valence-corrected chi connectivity index (χ4v) is 5.05. The minimum Gasteiger partial charge on any atom is -0.370 e. The van der Waals surface area contributed by atoms with Crippen LogP contribution < -0.4 is 4.90 Å². The number of ether oxygens (including phenoxy) is 1. The molecule has 0 amide bonds. The van der Waals surface area contributed by atoms with Gasteiger partial charge in [0.2, 0.25) is 0 Å². The monoisotopic (exact) mass is 349 g/mol. The van der Waals surface area contributed by atoms with E-state index in [1.165, 1.54) is 35.1 Å². The summed E-state index contributed by atoms with van der Waals surface area (Å²) < 4.78 is 6.01. The molecule has 0 saturated carbocycles. The molecule has 4 nitrogen and oxygen atoms in total. The van der Waals surface area contributed by atoms with Crippen LogP contribution in [0, 0.1) is 0 Å². The molecule has 4 rings (SSSR count). The second-order valence-corrected chi connectivity index (χ2v) is 8.85. The lowest BCUT2D eigenvalue weighted by Gasteiger charge is -2.32. The maximum atomic E-state index is 6.01. The van der Waals surface area contributed by atoms with Crippen molar-refractivity contribution in [3.05, 3.63) is 10.4 Å². The van der Waals surface area contributed by atoms with Gasteiger partial charge in [0.05, 0.1) is 17.6 Å². The average molecular weight is 350 g/mol. The van der Waals surface area contributed by atoms with Crippen LogP contribution in [0.3, 0.4) is 0 Å². The van der Waals surface area contributed by atoms with Crippen molar-refractivity contribution in [3.8, 4) is 0 Å². The number of hydrogen-bond acceptors (Lipinski definition) is 6. The van der Waals surface area contributed by atoms with Crippen LogP contribution in [0.15, 0.2) is 5.16 Å². The first-order valence-corrected chi connectivity index (χ1v) is 10.4.